The summed E-state index contributed by atoms with van der Waals surface area (Å²) < 4.78 is 13.0. The van der Waals surface area contributed by atoms with Gasteiger partial charge in [-0.25, -0.2) is 9.38 Å². The summed E-state index contributed by atoms with van der Waals surface area (Å²) in [6, 6.07) is 11.2. The summed E-state index contributed by atoms with van der Waals surface area (Å²) in [6.07, 6.45) is 2.19. The molecule has 1 aliphatic rings. The topological polar surface area (TPSA) is 39.7 Å². The SMILES string of the molecule is CCNC(=NCc1ccc(F)cc1)NC1CCN(c2cccs2)CC1. The molecule has 0 saturated carbocycles. The molecule has 1 saturated heterocycles. The lowest BCUT2D eigenvalue weighted by Crippen LogP contribution is -2.48. The van der Waals surface area contributed by atoms with Crippen molar-refractivity contribution in [3.05, 3.63) is 53.2 Å². The van der Waals surface area contributed by atoms with Crippen LogP contribution in [0.5, 0.6) is 0 Å². The normalized spacial score (nSPS) is 16.1. The van der Waals surface area contributed by atoms with E-state index in [1.165, 1.54) is 17.1 Å². The molecule has 25 heavy (non-hydrogen) atoms. The molecule has 2 heterocycles. The van der Waals surface area contributed by atoms with Crippen molar-refractivity contribution in [3.8, 4) is 0 Å². The molecule has 0 radical (unpaired) electrons. The summed E-state index contributed by atoms with van der Waals surface area (Å²) >= 11 is 1.80. The van der Waals surface area contributed by atoms with Gasteiger partial charge in [-0.1, -0.05) is 12.1 Å². The van der Waals surface area contributed by atoms with E-state index in [0.29, 0.717) is 12.6 Å². The fraction of sp³-hybridized carbons (Fsp3) is 0.421. The van der Waals surface area contributed by atoms with Gasteiger partial charge in [-0.2, -0.15) is 0 Å². The van der Waals surface area contributed by atoms with E-state index in [0.717, 1.165) is 44.0 Å². The largest absolute Gasteiger partial charge is 0.363 e. The Morgan fingerprint density at radius 1 is 1.24 bits per heavy atom. The molecule has 1 aromatic carbocycles. The molecule has 0 spiro atoms. The Kier molecular flexibility index (Phi) is 6.28. The van der Waals surface area contributed by atoms with Crippen LogP contribution >= 0.6 is 11.3 Å². The Morgan fingerprint density at radius 2 is 2.00 bits per heavy atom. The summed E-state index contributed by atoms with van der Waals surface area (Å²) in [5.74, 6) is 0.622. The number of nitrogens with one attached hydrogen (secondary N) is 2. The Morgan fingerprint density at radius 3 is 2.64 bits per heavy atom. The van der Waals surface area contributed by atoms with E-state index in [9.17, 15) is 4.39 Å². The van der Waals surface area contributed by atoms with Crippen LogP contribution in [0.1, 0.15) is 25.3 Å². The van der Waals surface area contributed by atoms with Gasteiger partial charge in [0.25, 0.3) is 0 Å². The van der Waals surface area contributed by atoms with Crippen molar-refractivity contribution in [1.29, 1.82) is 0 Å². The van der Waals surface area contributed by atoms with E-state index in [4.69, 9.17) is 0 Å². The molecule has 0 amide bonds. The van der Waals surface area contributed by atoms with Gasteiger partial charge < -0.3 is 15.5 Å². The predicted octanol–water partition coefficient (Wildman–Crippen LogP) is 3.61. The third-order valence-electron chi connectivity index (χ3n) is 4.33. The quantitative estimate of drug-likeness (QED) is 0.632. The van der Waals surface area contributed by atoms with Gasteiger partial charge in [0.15, 0.2) is 5.96 Å². The maximum atomic E-state index is 13.0. The van der Waals surface area contributed by atoms with Crippen LogP contribution in [0.25, 0.3) is 0 Å². The smallest absolute Gasteiger partial charge is 0.191 e. The molecule has 2 N–H and O–H groups in total. The fourth-order valence-electron chi connectivity index (χ4n) is 2.97. The van der Waals surface area contributed by atoms with Gasteiger partial charge in [-0.3, -0.25) is 0 Å². The van der Waals surface area contributed by atoms with Crippen LogP contribution in [0.2, 0.25) is 0 Å². The Labute approximate surface area is 152 Å². The van der Waals surface area contributed by atoms with Crippen LogP contribution < -0.4 is 15.5 Å². The van der Waals surface area contributed by atoms with Crippen LogP contribution in [-0.4, -0.2) is 31.6 Å². The molecule has 1 aromatic heterocycles. The molecule has 4 nitrogen and oxygen atoms in total. The first-order valence-electron chi connectivity index (χ1n) is 8.82. The van der Waals surface area contributed by atoms with Gasteiger partial charge in [-0.05, 0) is 55.0 Å². The van der Waals surface area contributed by atoms with Crippen molar-refractivity contribution in [2.75, 3.05) is 24.5 Å². The van der Waals surface area contributed by atoms with E-state index in [2.05, 4.69) is 45.0 Å². The van der Waals surface area contributed by atoms with Crippen molar-refractivity contribution in [2.45, 2.75) is 32.4 Å². The number of thiophene rings is 1. The zero-order valence-electron chi connectivity index (χ0n) is 14.5. The van der Waals surface area contributed by atoms with Crippen LogP contribution in [-0.2, 0) is 6.54 Å². The monoisotopic (exact) mass is 360 g/mol. The lowest BCUT2D eigenvalue weighted by Gasteiger charge is -2.33. The minimum absolute atomic E-state index is 0.213. The van der Waals surface area contributed by atoms with Crippen LogP contribution in [0.4, 0.5) is 9.39 Å². The van der Waals surface area contributed by atoms with Gasteiger partial charge >= 0.3 is 0 Å². The summed E-state index contributed by atoms with van der Waals surface area (Å²) in [7, 11) is 0. The van der Waals surface area contributed by atoms with Gasteiger partial charge in [0.05, 0.1) is 11.5 Å². The van der Waals surface area contributed by atoms with Crippen molar-refractivity contribution in [2.24, 2.45) is 4.99 Å². The molecule has 0 atom stereocenters. The number of halogens is 1. The number of anilines is 1. The standard InChI is InChI=1S/C19H25FN4S/c1-2-21-19(22-14-15-5-7-16(20)8-6-15)23-17-9-11-24(12-10-17)18-4-3-13-25-18/h3-8,13,17H,2,9-12,14H2,1H3,(H2,21,22,23). The number of guanidine groups is 1. The van der Waals surface area contributed by atoms with Crippen molar-refractivity contribution in [3.63, 3.8) is 0 Å². The Bertz CT molecular complexity index is 661. The molecule has 1 fully saturated rings. The predicted molar refractivity (Wildman–Crippen MR) is 104 cm³/mol. The van der Waals surface area contributed by atoms with E-state index < -0.39 is 0 Å². The van der Waals surface area contributed by atoms with E-state index in [1.54, 1.807) is 23.5 Å². The second-order valence-corrected chi connectivity index (χ2v) is 7.10. The lowest BCUT2D eigenvalue weighted by molar-refractivity contribution is 0.463. The van der Waals surface area contributed by atoms with Crippen molar-refractivity contribution < 1.29 is 4.39 Å². The van der Waals surface area contributed by atoms with E-state index >= 15 is 0 Å². The number of benzene rings is 1. The first kappa shape index (κ1) is 17.7. The number of rotatable bonds is 5. The maximum absolute atomic E-state index is 13.0. The molecule has 0 aliphatic carbocycles. The zero-order valence-corrected chi connectivity index (χ0v) is 15.4. The number of hydrogen-bond acceptors (Lipinski definition) is 3. The molecular formula is C19H25FN4S. The third kappa shape index (κ3) is 5.19. The summed E-state index contributed by atoms with van der Waals surface area (Å²) in [5, 5.41) is 10.3. The highest BCUT2D eigenvalue weighted by Crippen LogP contribution is 2.24. The molecule has 0 bridgehead atoms. The molecule has 134 valence electrons. The van der Waals surface area contributed by atoms with Crippen LogP contribution in [0.3, 0.4) is 0 Å². The third-order valence-corrected chi connectivity index (χ3v) is 5.26. The molecule has 0 unspecified atom stereocenters. The maximum Gasteiger partial charge on any atom is 0.191 e. The second kappa shape index (κ2) is 8.85. The Balaban J connectivity index is 1.53. The summed E-state index contributed by atoms with van der Waals surface area (Å²) in [6.45, 7) is 5.56. The van der Waals surface area contributed by atoms with E-state index in [-0.39, 0.29) is 5.82 Å². The second-order valence-electron chi connectivity index (χ2n) is 6.18. The van der Waals surface area contributed by atoms with Crippen LogP contribution in [0.15, 0.2) is 46.8 Å². The van der Waals surface area contributed by atoms with Gasteiger partial charge in [0.1, 0.15) is 5.82 Å². The first-order chi connectivity index (χ1) is 12.2. The highest BCUT2D eigenvalue weighted by atomic mass is 32.1. The highest BCUT2D eigenvalue weighted by Gasteiger charge is 2.20. The highest BCUT2D eigenvalue weighted by molar-refractivity contribution is 7.14. The molecule has 1 aliphatic heterocycles. The van der Waals surface area contributed by atoms with Gasteiger partial charge in [-0.15, -0.1) is 11.3 Å². The molecule has 6 heteroatoms. The number of nitrogens with zero attached hydrogens (tertiary/aromatic N) is 2. The number of aliphatic imine (C=N–C) groups is 1. The molecule has 3 rings (SSSR count). The average Bonchev–Trinajstić information content (AvgIpc) is 3.16. The van der Waals surface area contributed by atoms with Crippen LogP contribution in [0, 0.1) is 5.82 Å². The fourth-order valence-corrected chi connectivity index (χ4v) is 3.75. The summed E-state index contributed by atoms with van der Waals surface area (Å²) in [5.41, 5.74) is 1.01. The Hall–Kier alpha value is -2.08. The summed E-state index contributed by atoms with van der Waals surface area (Å²) in [4.78, 5) is 7.09. The molecular weight excluding hydrogens is 335 g/mol. The minimum atomic E-state index is -0.213. The first-order valence-corrected chi connectivity index (χ1v) is 9.70. The van der Waals surface area contributed by atoms with Crippen molar-refractivity contribution >= 4 is 22.3 Å². The lowest BCUT2D eigenvalue weighted by atomic mass is 10.1. The van der Waals surface area contributed by atoms with Crippen molar-refractivity contribution in [1.82, 2.24) is 10.6 Å². The van der Waals surface area contributed by atoms with Gasteiger partial charge in [0.2, 0.25) is 0 Å². The zero-order chi connectivity index (χ0) is 17.5. The van der Waals surface area contributed by atoms with Gasteiger partial charge in [0, 0.05) is 25.7 Å². The number of hydrogen-bond donors (Lipinski definition) is 2. The molecule has 2 aromatic rings. The van der Waals surface area contributed by atoms with E-state index in [1.807, 2.05) is 0 Å². The number of piperidine rings is 1. The average molecular weight is 361 g/mol. The minimum Gasteiger partial charge on any atom is -0.363 e.